The Hall–Kier alpha value is -1.99. The van der Waals surface area contributed by atoms with Crippen LogP contribution in [-0.2, 0) is 6.42 Å². The van der Waals surface area contributed by atoms with Gasteiger partial charge in [0.15, 0.2) is 0 Å². The highest BCUT2D eigenvalue weighted by Crippen LogP contribution is 2.31. The maximum Gasteiger partial charge on any atom is 0.283 e. The van der Waals surface area contributed by atoms with Gasteiger partial charge in [0.25, 0.3) is 11.6 Å². The second-order valence-electron chi connectivity index (χ2n) is 4.02. The molecule has 0 aliphatic carbocycles. The van der Waals surface area contributed by atoms with Gasteiger partial charge in [0.05, 0.1) is 4.92 Å². The van der Waals surface area contributed by atoms with Gasteiger partial charge in [-0.15, -0.1) is 10.2 Å². The molecule has 20 heavy (non-hydrogen) atoms. The van der Waals surface area contributed by atoms with Crippen molar-refractivity contribution in [1.82, 2.24) is 15.5 Å². The Labute approximate surface area is 120 Å². The number of nitro groups is 1. The van der Waals surface area contributed by atoms with Gasteiger partial charge in [0.1, 0.15) is 5.56 Å². The molecule has 0 spiro atoms. The van der Waals surface area contributed by atoms with Crippen LogP contribution in [0.25, 0.3) is 11.5 Å². The Kier molecular flexibility index (Phi) is 4.65. The van der Waals surface area contributed by atoms with Gasteiger partial charge in [-0.25, -0.2) is 0 Å². The van der Waals surface area contributed by atoms with Crippen LogP contribution in [0.3, 0.4) is 0 Å². The molecule has 106 valence electrons. The van der Waals surface area contributed by atoms with Crippen LogP contribution < -0.4 is 5.32 Å². The van der Waals surface area contributed by atoms with Crippen LogP contribution in [0.15, 0.2) is 22.6 Å². The van der Waals surface area contributed by atoms with E-state index in [1.54, 1.807) is 6.07 Å². The first-order valence-corrected chi connectivity index (χ1v) is 6.47. The summed E-state index contributed by atoms with van der Waals surface area (Å²) in [7, 11) is 0. The van der Waals surface area contributed by atoms with Crippen LogP contribution in [0, 0.1) is 10.1 Å². The summed E-state index contributed by atoms with van der Waals surface area (Å²) in [5, 5.41) is 22.1. The summed E-state index contributed by atoms with van der Waals surface area (Å²) in [6.07, 6.45) is 0.572. The number of halogens is 1. The fourth-order valence-electron chi connectivity index (χ4n) is 1.67. The number of nitro benzene ring substituents is 1. The molecule has 0 fully saturated rings. The zero-order valence-electron chi connectivity index (χ0n) is 10.8. The smallest absolute Gasteiger partial charge is 0.283 e. The van der Waals surface area contributed by atoms with Crippen molar-refractivity contribution in [2.75, 3.05) is 13.1 Å². The molecule has 0 atom stereocenters. The van der Waals surface area contributed by atoms with Crippen LogP contribution in [-0.4, -0.2) is 28.2 Å². The van der Waals surface area contributed by atoms with Gasteiger partial charge in [0, 0.05) is 24.1 Å². The summed E-state index contributed by atoms with van der Waals surface area (Å²) in [5.41, 5.74) is 0.112. The molecule has 0 unspecified atom stereocenters. The topological polar surface area (TPSA) is 94.1 Å². The first-order valence-electron chi connectivity index (χ1n) is 6.09. The first kappa shape index (κ1) is 14.4. The fourth-order valence-corrected chi connectivity index (χ4v) is 1.84. The Morgan fingerprint density at radius 3 is 2.95 bits per heavy atom. The van der Waals surface area contributed by atoms with Gasteiger partial charge in [-0.3, -0.25) is 10.1 Å². The lowest BCUT2D eigenvalue weighted by molar-refractivity contribution is -0.384. The van der Waals surface area contributed by atoms with E-state index in [9.17, 15) is 10.1 Å². The molecule has 0 amide bonds. The third-order valence-electron chi connectivity index (χ3n) is 2.62. The maximum absolute atomic E-state index is 11.0. The third kappa shape index (κ3) is 3.31. The number of rotatable bonds is 6. The number of hydrogen-bond acceptors (Lipinski definition) is 6. The molecule has 0 saturated carbocycles. The summed E-state index contributed by atoms with van der Waals surface area (Å²) < 4.78 is 5.44. The molecule has 0 radical (unpaired) electrons. The van der Waals surface area contributed by atoms with E-state index in [0.717, 1.165) is 6.54 Å². The summed E-state index contributed by atoms with van der Waals surface area (Å²) in [4.78, 5) is 10.5. The van der Waals surface area contributed by atoms with Crippen molar-refractivity contribution in [2.24, 2.45) is 0 Å². The number of likely N-dealkylation sites (N-methyl/N-ethyl adjacent to an activating group) is 1. The molecule has 8 heteroatoms. The quantitative estimate of drug-likeness (QED) is 0.500. The molecular formula is C12H13ClN4O3. The Morgan fingerprint density at radius 2 is 2.25 bits per heavy atom. The van der Waals surface area contributed by atoms with Crippen molar-refractivity contribution in [1.29, 1.82) is 0 Å². The second-order valence-corrected chi connectivity index (χ2v) is 4.46. The molecule has 1 aromatic carbocycles. The van der Waals surface area contributed by atoms with Crippen LogP contribution in [0.1, 0.15) is 12.8 Å². The van der Waals surface area contributed by atoms with Crippen molar-refractivity contribution in [3.8, 4) is 11.5 Å². The van der Waals surface area contributed by atoms with E-state index in [4.69, 9.17) is 16.0 Å². The molecular weight excluding hydrogens is 284 g/mol. The minimum Gasteiger partial charge on any atom is -0.420 e. The average Bonchev–Trinajstić information content (AvgIpc) is 2.87. The van der Waals surface area contributed by atoms with E-state index in [1.807, 2.05) is 6.92 Å². The van der Waals surface area contributed by atoms with Crippen molar-refractivity contribution in [3.63, 3.8) is 0 Å². The second kappa shape index (κ2) is 6.44. The maximum atomic E-state index is 11.0. The van der Waals surface area contributed by atoms with E-state index >= 15 is 0 Å². The van der Waals surface area contributed by atoms with Crippen molar-refractivity contribution < 1.29 is 9.34 Å². The van der Waals surface area contributed by atoms with E-state index < -0.39 is 4.92 Å². The van der Waals surface area contributed by atoms with Crippen LogP contribution in [0.5, 0.6) is 0 Å². The van der Waals surface area contributed by atoms with Gasteiger partial charge in [-0.05, 0) is 18.7 Å². The Balaban J connectivity index is 2.25. The van der Waals surface area contributed by atoms with E-state index in [0.29, 0.717) is 18.9 Å². The molecule has 7 nitrogen and oxygen atoms in total. The zero-order chi connectivity index (χ0) is 14.5. The summed E-state index contributed by atoms with van der Waals surface area (Å²) >= 11 is 5.76. The fraction of sp³-hybridized carbons (Fsp3) is 0.333. The lowest BCUT2D eigenvalue weighted by Crippen LogP contribution is -2.16. The third-order valence-corrected chi connectivity index (χ3v) is 2.85. The van der Waals surface area contributed by atoms with Gasteiger partial charge >= 0.3 is 0 Å². The monoisotopic (exact) mass is 296 g/mol. The largest absolute Gasteiger partial charge is 0.420 e. The molecule has 2 rings (SSSR count). The van der Waals surface area contributed by atoms with Crippen LogP contribution in [0.2, 0.25) is 5.02 Å². The molecule has 1 heterocycles. The number of aromatic nitrogens is 2. The van der Waals surface area contributed by atoms with Gasteiger partial charge in [-0.2, -0.15) is 0 Å². The van der Waals surface area contributed by atoms with E-state index in [1.165, 1.54) is 12.1 Å². The Bertz CT molecular complexity index is 614. The SMILES string of the molecule is CCNCCc1nnc(-c2ccc(Cl)cc2[N+](=O)[O-])o1. The molecule has 0 aliphatic rings. The molecule has 0 bridgehead atoms. The highest BCUT2D eigenvalue weighted by atomic mass is 35.5. The molecule has 1 N–H and O–H groups in total. The molecule has 1 aromatic heterocycles. The van der Waals surface area contributed by atoms with E-state index in [-0.39, 0.29) is 22.2 Å². The highest BCUT2D eigenvalue weighted by molar-refractivity contribution is 6.30. The highest BCUT2D eigenvalue weighted by Gasteiger charge is 2.20. The van der Waals surface area contributed by atoms with Gasteiger partial charge in [0.2, 0.25) is 5.89 Å². The number of nitrogens with zero attached hydrogens (tertiary/aromatic N) is 3. The summed E-state index contributed by atoms with van der Waals surface area (Å²) in [6, 6.07) is 4.31. The molecule has 0 saturated heterocycles. The normalized spacial score (nSPS) is 10.7. The minimum atomic E-state index is -0.524. The number of hydrogen-bond donors (Lipinski definition) is 1. The predicted octanol–water partition coefficient (Wildman–Crippen LogP) is 2.45. The lowest BCUT2D eigenvalue weighted by Gasteiger charge is -1.99. The van der Waals surface area contributed by atoms with Crippen molar-refractivity contribution in [3.05, 3.63) is 39.2 Å². The molecule has 2 aromatic rings. The molecule has 0 aliphatic heterocycles. The standard InChI is InChI=1S/C12H13ClN4O3/c1-2-14-6-5-11-15-16-12(20-11)9-4-3-8(13)7-10(9)17(18)19/h3-4,7,14H,2,5-6H2,1H3. The zero-order valence-corrected chi connectivity index (χ0v) is 11.6. The Morgan fingerprint density at radius 1 is 1.45 bits per heavy atom. The minimum absolute atomic E-state index is 0.125. The first-order chi connectivity index (χ1) is 9.61. The van der Waals surface area contributed by atoms with Crippen LogP contribution in [0.4, 0.5) is 5.69 Å². The summed E-state index contributed by atoms with van der Waals surface area (Å²) in [6.45, 7) is 3.56. The number of nitrogens with one attached hydrogen (secondary N) is 1. The summed E-state index contributed by atoms with van der Waals surface area (Å²) in [5.74, 6) is 0.560. The van der Waals surface area contributed by atoms with E-state index in [2.05, 4.69) is 15.5 Å². The predicted molar refractivity (Wildman–Crippen MR) is 73.6 cm³/mol. The average molecular weight is 297 g/mol. The van der Waals surface area contributed by atoms with Crippen LogP contribution >= 0.6 is 11.6 Å². The van der Waals surface area contributed by atoms with Crippen molar-refractivity contribution >= 4 is 17.3 Å². The number of benzene rings is 1. The van der Waals surface area contributed by atoms with Crippen molar-refractivity contribution in [2.45, 2.75) is 13.3 Å². The van der Waals surface area contributed by atoms with Gasteiger partial charge < -0.3 is 9.73 Å². The lowest BCUT2D eigenvalue weighted by atomic mass is 10.2. The van der Waals surface area contributed by atoms with Gasteiger partial charge in [-0.1, -0.05) is 18.5 Å².